The number of rotatable bonds is 3. The van der Waals surface area contributed by atoms with Crippen LogP contribution < -0.4 is 4.74 Å². The Morgan fingerprint density at radius 3 is 2.00 bits per heavy atom. The van der Waals surface area contributed by atoms with Gasteiger partial charge in [-0.3, -0.25) is 0 Å². The highest BCUT2D eigenvalue weighted by Crippen LogP contribution is 2.38. The predicted octanol–water partition coefficient (Wildman–Crippen LogP) is 5.80. The summed E-state index contributed by atoms with van der Waals surface area (Å²) in [5, 5.41) is 0.607. The van der Waals surface area contributed by atoms with Crippen molar-refractivity contribution < 1.29 is 4.74 Å². The number of para-hydroxylation sites is 2. The van der Waals surface area contributed by atoms with Gasteiger partial charge in [-0.25, -0.2) is 0 Å². The Morgan fingerprint density at radius 2 is 1.30 bits per heavy atom. The number of hydrogen-bond donors (Lipinski definition) is 0. The lowest BCUT2D eigenvalue weighted by Gasteiger charge is -2.13. The molecule has 3 aromatic rings. The second-order valence-corrected chi connectivity index (χ2v) is 4.80. The Hall–Kier alpha value is -2.25. The molecule has 0 saturated heterocycles. The van der Waals surface area contributed by atoms with Gasteiger partial charge in [-0.2, -0.15) is 0 Å². The third-order valence-corrected chi connectivity index (χ3v) is 3.31. The molecule has 0 heterocycles. The maximum atomic E-state index is 6.30. The summed E-state index contributed by atoms with van der Waals surface area (Å²) < 4.78 is 5.96. The fourth-order valence-electron chi connectivity index (χ4n) is 2.06. The van der Waals surface area contributed by atoms with Crippen molar-refractivity contribution in [3.63, 3.8) is 0 Å². The first-order valence-electron chi connectivity index (χ1n) is 6.41. The van der Waals surface area contributed by atoms with Crippen LogP contribution in [0.3, 0.4) is 0 Å². The summed E-state index contributed by atoms with van der Waals surface area (Å²) in [6.07, 6.45) is 0. The molecule has 3 rings (SSSR count). The summed E-state index contributed by atoms with van der Waals surface area (Å²) in [4.78, 5) is 0. The molecular weight excluding hydrogens is 268 g/mol. The number of halogens is 1. The van der Waals surface area contributed by atoms with E-state index in [-0.39, 0.29) is 0 Å². The van der Waals surface area contributed by atoms with Gasteiger partial charge in [0.05, 0.1) is 5.02 Å². The third-order valence-electron chi connectivity index (χ3n) is 3.01. The Labute approximate surface area is 123 Å². The van der Waals surface area contributed by atoms with Crippen LogP contribution >= 0.6 is 11.6 Å². The van der Waals surface area contributed by atoms with Crippen LogP contribution in [0, 0.1) is 0 Å². The Kier molecular flexibility index (Phi) is 3.71. The molecule has 0 aliphatic heterocycles. The molecule has 0 N–H and O–H groups in total. The van der Waals surface area contributed by atoms with Gasteiger partial charge in [0.25, 0.3) is 0 Å². The first-order valence-corrected chi connectivity index (χ1v) is 6.79. The standard InChI is InChI=1S/C18H13ClO/c19-17-13-7-12-16(14-8-3-1-4-9-14)18(17)20-15-10-5-2-6-11-15/h1-13H. The molecule has 0 aliphatic carbocycles. The zero-order valence-electron chi connectivity index (χ0n) is 10.8. The van der Waals surface area contributed by atoms with Gasteiger partial charge in [-0.05, 0) is 23.8 Å². The SMILES string of the molecule is Clc1cccc(-c2ccccc2)c1Oc1ccccc1. The largest absolute Gasteiger partial charge is 0.455 e. The molecule has 20 heavy (non-hydrogen) atoms. The smallest absolute Gasteiger partial charge is 0.153 e. The van der Waals surface area contributed by atoms with Gasteiger partial charge in [-0.15, -0.1) is 0 Å². The van der Waals surface area contributed by atoms with Crippen LogP contribution in [-0.2, 0) is 0 Å². The van der Waals surface area contributed by atoms with Crippen LogP contribution in [0.5, 0.6) is 11.5 Å². The van der Waals surface area contributed by atoms with Crippen molar-refractivity contribution in [3.8, 4) is 22.6 Å². The molecular formula is C18H13ClO. The van der Waals surface area contributed by atoms with Gasteiger partial charge in [-0.1, -0.05) is 72.3 Å². The topological polar surface area (TPSA) is 9.23 Å². The second kappa shape index (κ2) is 5.81. The van der Waals surface area contributed by atoms with Crippen LogP contribution in [0.25, 0.3) is 11.1 Å². The van der Waals surface area contributed by atoms with Gasteiger partial charge < -0.3 is 4.74 Å². The normalized spacial score (nSPS) is 10.2. The van der Waals surface area contributed by atoms with Crippen molar-refractivity contribution in [2.45, 2.75) is 0 Å². The summed E-state index contributed by atoms with van der Waals surface area (Å²) in [6.45, 7) is 0. The number of hydrogen-bond acceptors (Lipinski definition) is 1. The summed E-state index contributed by atoms with van der Waals surface area (Å²) in [5.41, 5.74) is 2.07. The van der Waals surface area contributed by atoms with Crippen molar-refractivity contribution in [1.29, 1.82) is 0 Å². The van der Waals surface area contributed by atoms with E-state index in [1.807, 2.05) is 78.9 Å². The van der Waals surface area contributed by atoms with Gasteiger partial charge in [0.1, 0.15) is 5.75 Å². The summed E-state index contributed by atoms with van der Waals surface area (Å²) in [6, 6.07) is 25.5. The first kappa shape index (κ1) is 12.8. The van der Waals surface area contributed by atoms with Crippen LogP contribution in [0.15, 0.2) is 78.9 Å². The maximum Gasteiger partial charge on any atom is 0.153 e. The molecule has 0 aliphatic rings. The van der Waals surface area contributed by atoms with Crippen molar-refractivity contribution in [2.75, 3.05) is 0 Å². The van der Waals surface area contributed by atoms with Crippen molar-refractivity contribution in [2.24, 2.45) is 0 Å². The molecule has 0 radical (unpaired) electrons. The number of benzene rings is 3. The summed E-state index contributed by atoms with van der Waals surface area (Å²) >= 11 is 6.30. The average Bonchev–Trinajstić information content (AvgIpc) is 2.51. The minimum atomic E-state index is 0.607. The molecule has 0 aromatic heterocycles. The molecule has 0 atom stereocenters. The molecule has 98 valence electrons. The van der Waals surface area contributed by atoms with E-state index >= 15 is 0 Å². The van der Waals surface area contributed by atoms with E-state index in [1.54, 1.807) is 0 Å². The van der Waals surface area contributed by atoms with Crippen LogP contribution in [0.2, 0.25) is 5.02 Å². The van der Waals surface area contributed by atoms with Crippen molar-refractivity contribution >= 4 is 11.6 Å². The highest BCUT2D eigenvalue weighted by Gasteiger charge is 2.11. The zero-order chi connectivity index (χ0) is 13.8. The van der Waals surface area contributed by atoms with Crippen LogP contribution in [-0.4, -0.2) is 0 Å². The van der Waals surface area contributed by atoms with E-state index in [2.05, 4.69) is 0 Å². The fourth-order valence-corrected chi connectivity index (χ4v) is 2.28. The fraction of sp³-hybridized carbons (Fsp3) is 0. The zero-order valence-corrected chi connectivity index (χ0v) is 11.5. The highest BCUT2D eigenvalue weighted by molar-refractivity contribution is 6.32. The Bertz CT molecular complexity index is 693. The molecule has 0 fully saturated rings. The maximum absolute atomic E-state index is 6.30. The summed E-state index contributed by atoms with van der Waals surface area (Å²) in [5.74, 6) is 1.46. The Morgan fingerprint density at radius 1 is 0.650 bits per heavy atom. The first-order chi connectivity index (χ1) is 9.84. The second-order valence-electron chi connectivity index (χ2n) is 4.40. The van der Waals surface area contributed by atoms with Gasteiger partial charge in [0, 0.05) is 5.56 Å². The minimum absolute atomic E-state index is 0.607. The summed E-state index contributed by atoms with van der Waals surface area (Å²) in [7, 11) is 0. The third kappa shape index (κ3) is 2.68. The molecule has 3 aromatic carbocycles. The van der Waals surface area contributed by atoms with Gasteiger partial charge in [0.2, 0.25) is 0 Å². The average molecular weight is 281 g/mol. The quantitative estimate of drug-likeness (QED) is 0.589. The molecule has 0 bridgehead atoms. The molecule has 0 amide bonds. The predicted molar refractivity (Wildman–Crippen MR) is 83.4 cm³/mol. The van der Waals surface area contributed by atoms with Crippen molar-refractivity contribution in [1.82, 2.24) is 0 Å². The number of ether oxygens (including phenoxy) is 1. The molecule has 0 spiro atoms. The van der Waals surface area contributed by atoms with Gasteiger partial charge >= 0.3 is 0 Å². The van der Waals surface area contributed by atoms with E-state index in [4.69, 9.17) is 16.3 Å². The molecule has 0 unspecified atom stereocenters. The van der Waals surface area contributed by atoms with Crippen molar-refractivity contribution in [3.05, 3.63) is 83.9 Å². The van der Waals surface area contributed by atoms with E-state index in [0.717, 1.165) is 16.9 Å². The Balaban J connectivity index is 2.06. The minimum Gasteiger partial charge on any atom is -0.455 e. The lowest BCUT2D eigenvalue weighted by atomic mass is 10.0. The van der Waals surface area contributed by atoms with Crippen LogP contribution in [0.4, 0.5) is 0 Å². The molecule has 1 nitrogen and oxygen atoms in total. The monoisotopic (exact) mass is 280 g/mol. The highest BCUT2D eigenvalue weighted by atomic mass is 35.5. The van der Waals surface area contributed by atoms with E-state index in [0.29, 0.717) is 10.8 Å². The molecule has 2 heteroatoms. The van der Waals surface area contributed by atoms with E-state index in [9.17, 15) is 0 Å². The van der Waals surface area contributed by atoms with E-state index < -0.39 is 0 Å². The molecule has 0 saturated carbocycles. The van der Waals surface area contributed by atoms with Crippen LogP contribution in [0.1, 0.15) is 0 Å². The van der Waals surface area contributed by atoms with Gasteiger partial charge in [0.15, 0.2) is 5.75 Å². The lowest BCUT2D eigenvalue weighted by molar-refractivity contribution is 0.485. The lowest BCUT2D eigenvalue weighted by Crippen LogP contribution is -1.89. The van der Waals surface area contributed by atoms with E-state index in [1.165, 1.54) is 0 Å².